The van der Waals surface area contributed by atoms with Crippen molar-refractivity contribution in [2.45, 2.75) is 0 Å². The fourth-order valence-electron chi connectivity index (χ4n) is 2.83. The summed E-state index contributed by atoms with van der Waals surface area (Å²) in [5.74, 6) is 0. The molecule has 2 heteroatoms. The third-order valence-corrected chi connectivity index (χ3v) is 4.10. The van der Waals surface area contributed by atoms with Crippen molar-refractivity contribution in [3.05, 3.63) is 109 Å². The first-order valence-electron chi connectivity index (χ1n) is 8.33. The van der Waals surface area contributed by atoms with Gasteiger partial charge >= 0.3 is 0 Å². The normalized spacial score (nSPS) is 11.0. The largest absolute Gasteiger partial charge is 0.234 e. The van der Waals surface area contributed by atoms with Crippen LogP contribution in [-0.2, 0) is 0 Å². The summed E-state index contributed by atoms with van der Waals surface area (Å²) >= 11 is 0. The number of anilines is 2. The van der Waals surface area contributed by atoms with Gasteiger partial charge in [-0.15, -0.1) is 0 Å². The van der Waals surface area contributed by atoms with E-state index in [1.54, 1.807) is 0 Å². The van der Waals surface area contributed by atoms with Gasteiger partial charge in [0.1, 0.15) is 0 Å². The zero-order chi connectivity index (χ0) is 16.9. The number of fused-ring (bicyclic) bond motifs is 1. The van der Waals surface area contributed by atoms with E-state index in [0.29, 0.717) is 0 Å². The standard InChI is InChI=1S/C23H18N2/c1-3-11-22(12-4-1)25(23-13-5-2-6-14-23)24-18-19-15-16-20-9-7-8-10-21(20)17-19/h1-18H/b24-18+. The van der Waals surface area contributed by atoms with Gasteiger partial charge in [0.05, 0.1) is 17.6 Å². The van der Waals surface area contributed by atoms with Gasteiger partial charge in [0.2, 0.25) is 0 Å². The van der Waals surface area contributed by atoms with Crippen molar-refractivity contribution in [2.24, 2.45) is 5.10 Å². The molecule has 0 saturated carbocycles. The fourth-order valence-corrected chi connectivity index (χ4v) is 2.83. The lowest BCUT2D eigenvalue weighted by Crippen LogP contribution is -2.09. The summed E-state index contributed by atoms with van der Waals surface area (Å²) in [6.45, 7) is 0. The minimum atomic E-state index is 1.03. The molecule has 0 heterocycles. The Morgan fingerprint density at radius 1 is 0.560 bits per heavy atom. The number of rotatable bonds is 4. The highest BCUT2D eigenvalue weighted by atomic mass is 15.5. The van der Waals surface area contributed by atoms with Gasteiger partial charge in [-0.1, -0.05) is 72.8 Å². The van der Waals surface area contributed by atoms with E-state index in [4.69, 9.17) is 5.10 Å². The number of hydrogen-bond acceptors (Lipinski definition) is 2. The maximum Gasteiger partial charge on any atom is 0.0652 e. The Balaban J connectivity index is 1.71. The summed E-state index contributed by atoms with van der Waals surface area (Å²) in [4.78, 5) is 0. The first kappa shape index (κ1) is 15.2. The molecule has 25 heavy (non-hydrogen) atoms. The zero-order valence-electron chi connectivity index (χ0n) is 13.8. The quantitative estimate of drug-likeness (QED) is 0.332. The maximum atomic E-state index is 4.75. The number of para-hydroxylation sites is 2. The van der Waals surface area contributed by atoms with E-state index < -0.39 is 0 Å². The summed E-state index contributed by atoms with van der Waals surface area (Å²) in [6, 6.07) is 35.1. The van der Waals surface area contributed by atoms with Crippen LogP contribution in [0.5, 0.6) is 0 Å². The Morgan fingerprint density at radius 3 is 1.76 bits per heavy atom. The van der Waals surface area contributed by atoms with Crippen LogP contribution < -0.4 is 5.01 Å². The Labute approximate surface area is 147 Å². The lowest BCUT2D eigenvalue weighted by Gasteiger charge is -2.19. The highest BCUT2D eigenvalue weighted by Crippen LogP contribution is 2.25. The molecular weight excluding hydrogens is 304 g/mol. The molecule has 0 aromatic heterocycles. The summed E-state index contributed by atoms with van der Waals surface area (Å²) in [7, 11) is 0. The van der Waals surface area contributed by atoms with E-state index >= 15 is 0 Å². The van der Waals surface area contributed by atoms with Crippen molar-refractivity contribution in [2.75, 3.05) is 5.01 Å². The van der Waals surface area contributed by atoms with E-state index in [-0.39, 0.29) is 0 Å². The van der Waals surface area contributed by atoms with Gasteiger partial charge in [0.15, 0.2) is 0 Å². The first-order chi connectivity index (χ1) is 12.4. The molecule has 0 fully saturated rings. The molecule has 120 valence electrons. The topological polar surface area (TPSA) is 15.6 Å². The van der Waals surface area contributed by atoms with Crippen LogP contribution in [0, 0.1) is 0 Å². The van der Waals surface area contributed by atoms with Crippen LogP contribution in [0.2, 0.25) is 0 Å². The summed E-state index contributed by atoms with van der Waals surface area (Å²) in [5, 5.41) is 9.16. The molecule has 0 radical (unpaired) electrons. The van der Waals surface area contributed by atoms with E-state index in [9.17, 15) is 0 Å². The summed E-state index contributed by atoms with van der Waals surface area (Å²) in [6.07, 6.45) is 1.91. The Kier molecular flexibility index (Phi) is 4.25. The molecule has 0 amide bonds. The monoisotopic (exact) mass is 322 g/mol. The molecule has 0 atom stereocenters. The van der Waals surface area contributed by atoms with Crippen molar-refractivity contribution in [3.63, 3.8) is 0 Å². The molecule has 0 aliphatic carbocycles. The van der Waals surface area contributed by atoms with Gasteiger partial charge in [0, 0.05) is 0 Å². The zero-order valence-corrected chi connectivity index (χ0v) is 13.8. The maximum absolute atomic E-state index is 4.75. The lowest BCUT2D eigenvalue weighted by molar-refractivity contribution is 1.09. The predicted octanol–water partition coefficient (Wildman–Crippen LogP) is 6.01. The summed E-state index contributed by atoms with van der Waals surface area (Å²) in [5.41, 5.74) is 3.15. The van der Waals surface area contributed by atoms with Crippen LogP contribution >= 0.6 is 0 Å². The van der Waals surface area contributed by atoms with Gasteiger partial charge in [-0.2, -0.15) is 5.10 Å². The van der Waals surface area contributed by atoms with Crippen LogP contribution in [0.25, 0.3) is 10.8 Å². The Bertz CT molecular complexity index is 952. The molecule has 0 N–H and O–H groups in total. The molecule has 4 aromatic rings. The molecule has 4 rings (SSSR count). The van der Waals surface area contributed by atoms with Gasteiger partial charge in [-0.05, 0) is 46.7 Å². The second-order valence-corrected chi connectivity index (χ2v) is 5.83. The molecule has 0 unspecified atom stereocenters. The van der Waals surface area contributed by atoms with E-state index in [2.05, 4.69) is 66.7 Å². The number of hydrogen-bond donors (Lipinski definition) is 0. The van der Waals surface area contributed by atoms with Crippen LogP contribution in [0.1, 0.15) is 5.56 Å². The summed E-state index contributed by atoms with van der Waals surface area (Å²) < 4.78 is 0. The molecule has 0 aliphatic rings. The average molecular weight is 322 g/mol. The van der Waals surface area contributed by atoms with Crippen molar-refractivity contribution in [3.8, 4) is 0 Å². The van der Waals surface area contributed by atoms with Gasteiger partial charge in [-0.25, -0.2) is 5.01 Å². The number of nitrogens with zero attached hydrogens (tertiary/aromatic N) is 2. The first-order valence-corrected chi connectivity index (χ1v) is 8.33. The fraction of sp³-hybridized carbons (Fsp3) is 0. The molecule has 0 spiro atoms. The molecule has 0 saturated heterocycles. The van der Waals surface area contributed by atoms with Crippen LogP contribution in [-0.4, -0.2) is 6.21 Å². The predicted molar refractivity (Wildman–Crippen MR) is 107 cm³/mol. The molecule has 0 bridgehead atoms. The van der Waals surface area contributed by atoms with Crippen molar-refractivity contribution >= 4 is 28.4 Å². The van der Waals surface area contributed by atoms with Gasteiger partial charge < -0.3 is 0 Å². The van der Waals surface area contributed by atoms with Crippen molar-refractivity contribution in [1.82, 2.24) is 0 Å². The molecular formula is C23H18N2. The average Bonchev–Trinajstić information content (AvgIpc) is 2.70. The van der Waals surface area contributed by atoms with Crippen LogP contribution in [0.3, 0.4) is 0 Å². The number of hydrazone groups is 1. The molecule has 4 aromatic carbocycles. The Morgan fingerprint density at radius 2 is 1.12 bits per heavy atom. The third kappa shape index (κ3) is 3.43. The SMILES string of the molecule is C(=N\N(c1ccccc1)c1ccccc1)/c1ccc2ccccc2c1. The minimum Gasteiger partial charge on any atom is -0.234 e. The van der Waals surface area contributed by atoms with Gasteiger partial charge in [-0.3, -0.25) is 0 Å². The lowest BCUT2D eigenvalue weighted by atomic mass is 10.1. The van der Waals surface area contributed by atoms with Crippen molar-refractivity contribution in [1.29, 1.82) is 0 Å². The van der Waals surface area contributed by atoms with Crippen LogP contribution in [0.15, 0.2) is 108 Å². The smallest absolute Gasteiger partial charge is 0.0652 e. The van der Waals surface area contributed by atoms with Crippen LogP contribution in [0.4, 0.5) is 11.4 Å². The molecule has 0 aliphatic heterocycles. The highest BCUT2D eigenvalue weighted by Gasteiger charge is 2.06. The highest BCUT2D eigenvalue weighted by molar-refractivity contribution is 5.91. The second-order valence-electron chi connectivity index (χ2n) is 5.83. The molecule has 2 nitrogen and oxygen atoms in total. The van der Waals surface area contributed by atoms with E-state index in [1.807, 2.05) is 47.6 Å². The number of benzene rings is 4. The minimum absolute atomic E-state index is 1.03. The van der Waals surface area contributed by atoms with E-state index in [1.165, 1.54) is 10.8 Å². The van der Waals surface area contributed by atoms with Gasteiger partial charge in [0.25, 0.3) is 0 Å². The third-order valence-electron chi connectivity index (χ3n) is 4.10. The Hall–Kier alpha value is -3.39. The second kappa shape index (κ2) is 7.02. The van der Waals surface area contributed by atoms with Crippen molar-refractivity contribution < 1.29 is 0 Å². The van der Waals surface area contributed by atoms with E-state index in [0.717, 1.165) is 16.9 Å².